The third-order valence-electron chi connectivity index (χ3n) is 3.77. The van der Waals surface area contributed by atoms with Crippen molar-refractivity contribution in [3.05, 3.63) is 63.6 Å². The summed E-state index contributed by atoms with van der Waals surface area (Å²) in [6.07, 6.45) is 1.36. The van der Waals surface area contributed by atoms with Crippen LogP contribution < -0.4 is 20.1 Å². The molecule has 0 radical (unpaired) electrons. The predicted octanol–water partition coefficient (Wildman–Crippen LogP) is 2.79. The topological polar surface area (TPSA) is 93.7 Å². The first-order chi connectivity index (χ1) is 13.0. The molecule has 138 valence electrons. The van der Waals surface area contributed by atoms with Crippen LogP contribution in [-0.2, 0) is 16.2 Å². The van der Waals surface area contributed by atoms with Crippen LogP contribution in [0, 0.1) is 0 Å². The summed E-state index contributed by atoms with van der Waals surface area (Å²) in [5, 5.41) is 4.07. The number of hydrogen-bond donors (Lipinski definition) is 2. The summed E-state index contributed by atoms with van der Waals surface area (Å²) in [5.41, 5.74) is 1.21. The molecule has 0 spiro atoms. The van der Waals surface area contributed by atoms with Gasteiger partial charge >= 0.3 is 6.03 Å². The minimum atomic E-state index is -0.848. The molecule has 3 rings (SSSR count). The molecule has 0 aromatic heterocycles. The molecule has 1 aliphatic rings. The highest BCUT2D eigenvalue weighted by molar-refractivity contribution is 9.10. The lowest BCUT2D eigenvalue weighted by Gasteiger charge is -2.16. The van der Waals surface area contributed by atoms with Gasteiger partial charge in [-0.25, -0.2) is 4.79 Å². The number of halogens is 1. The van der Waals surface area contributed by atoms with Crippen LogP contribution in [-0.4, -0.2) is 25.0 Å². The fourth-order valence-electron chi connectivity index (χ4n) is 2.46. The van der Waals surface area contributed by atoms with Crippen LogP contribution in [0.4, 0.5) is 4.79 Å². The van der Waals surface area contributed by atoms with Gasteiger partial charge in [0.1, 0.15) is 12.2 Å². The maximum Gasteiger partial charge on any atom is 0.328 e. The van der Waals surface area contributed by atoms with Crippen LogP contribution in [0.1, 0.15) is 11.1 Å². The molecule has 1 heterocycles. The Morgan fingerprint density at radius 1 is 1.00 bits per heavy atom. The average molecular weight is 431 g/mol. The summed E-state index contributed by atoms with van der Waals surface area (Å²) in [6.45, 7) is 0.265. The molecule has 4 amide bonds. The van der Waals surface area contributed by atoms with Crippen molar-refractivity contribution in [1.82, 2.24) is 10.6 Å². The second-order valence-electron chi connectivity index (χ2n) is 5.59. The molecule has 0 unspecified atom stereocenters. The van der Waals surface area contributed by atoms with Crippen LogP contribution >= 0.6 is 15.9 Å². The zero-order chi connectivity index (χ0) is 19.4. The van der Waals surface area contributed by atoms with E-state index in [0.717, 1.165) is 10.0 Å². The number of para-hydroxylation sites is 1. The standard InChI is InChI=1S/C19H15BrN2O5/c1-26-15-4-2-3-12(9-14-17(23)21-19(25)22-18(14)24)16(15)27-10-11-5-7-13(20)8-6-11/h2-9H,10H2,1H3,(H2,21,22,23,24,25). The molecule has 0 aliphatic carbocycles. The van der Waals surface area contributed by atoms with E-state index in [-0.39, 0.29) is 12.2 Å². The summed E-state index contributed by atoms with van der Waals surface area (Å²) >= 11 is 3.38. The van der Waals surface area contributed by atoms with Gasteiger partial charge in [0.05, 0.1) is 7.11 Å². The molecule has 2 aromatic carbocycles. The van der Waals surface area contributed by atoms with Gasteiger partial charge in [-0.3, -0.25) is 20.2 Å². The first-order valence-electron chi connectivity index (χ1n) is 7.90. The van der Waals surface area contributed by atoms with Crippen molar-refractivity contribution in [1.29, 1.82) is 0 Å². The third kappa shape index (κ3) is 4.35. The van der Waals surface area contributed by atoms with E-state index >= 15 is 0 Å². The number of ether oxygens (including phenoxy) is 2. The van der Waals surface area contributed by atoms with E-state index in [4.69, 9.17) is 9.47 Å². The fourth-order valence-corrected chi connectivity index (χ4v) is 2.72. The predicted molar refractivity (Wildman–Crippen MR) is 101 cm³/mol. The number of barbiturate groups is 1. The highest BCUT2D eigenvalue weighted by Crippen LogP contribution is 2.33. The maximum atomic E-state index is 12.0. The largest absolute Gasteiger partial charge is 0.493 e. The van der Waals surface area contributed by atoms with E-state index in [0.29, 0.717) is 17.1 Å². The second kappa shape index (κ2) is 8.05. The van der Waals surface area contributed by atoms with Crippen LogP contribution in [0.3, 0.4) is 0 Å². The van der Waals surface area contributed by atoms with Gasteiger partial charge in [-0.15, -0.1) is 0 Å². The Hall–Kier alpha value is -3.13. The molecule has 0 bridgehead atoms. The Kier molecular flexibility index (Phi) is 5.56. The number of nitrogens with one attached hydrogen (secondary N) is 2. The number of imide groups is 2. The zero-order valence-electron chi connectivity index (χ0n) is 14.2. The highest BCUT2D eigenvalue weighted by Gasteiger charge is 2.28. The lowest BCUT2D eigenvalue weighted by Crippen LogP contribution is -2.51. The molecular weight excluding hydrogens is 416 g/mol. The molecule has 1 fully saturated rings. The number of rotatable bonds is 5. The SMILES string of the molecule is COc1cccc(C=C2C(=O)NC(=O)NC2=O)c1OCc1ccc(Br)cc1. The van der Waals surface area contributed by atoms with Gasteiger partial charge in [0, 0.05) is 10.0 Å². The number of benzene rings is 2. The van der Waals surface area contributed by atoms with Crippen LogP contribution in [0.2, 0.25) is 0 Å². The fraction of sp³-hybridized carbons (Fsp3) is 0.105. The van der Waals surface area contributed by atoms with Crippen molar-refractivity contribution >= 4 is 39.9 Å². The minimum Gasteiger partial charge on any atom is -0.493 e. The van der Waals surface area contributed by atoms with Crippen molar-refractivity contribution in [3.8, 4) is 11.5 Å². The number of hydrogen-bond acceptors (Lipinski definition) is 5. The Balaban J connectivity index is 1.92. The van der Waals surface area contributed by atoms with Crippen molar-refractivity contribution < 1.29 is 23.9 Å². The molecule has 7 nitrogen and oxygen atoms in total. The summed E-state index contributed by atoms with van der Waals surface area (Å²) in [4.78, 5) is 35.1. The number of carbonyl (C=O) groups excluding carboxylic acids is 3. The Morgan fingerprint density at radius 2 is 1.67 bits per heavy atom. The first-order valence-corrected chi connectivity index (χ1v) is 8.70. The Bertz CT molecular complexity index is 916. The number of methoxy groups -OCH3 is 1. The van der Waals surface area contributed by atoms with E-state index in [9.17, 15) is 14.4 Å². The van der Waals surface area contributed by atoms with Crippen molar-refractivity contribution in [2.45, 2.75) is 6.61 Å². The van der Waals surface area contributed by atoms with Crippen LogP contribution in [0.5, 0.6) is 11.5 Å². The van der Waals surface area contributed by atoms with Crippen LogP contribution in [0.15, 0.2) is 52.5 Å². The smallest absolute Gasteiger partial charge is 0.328 e. The van der Waals surface area contributed by atoms with E-state index in [1.807, 2.05) is 34.9 Å². The summed E-state index contributed by atoms with van der Waals surface area (Å²) < 4.78 is 12.2. The van der Waals surface area contributed by atoms with E-state index < -0.39 is 17.8 Å². The zero-order valence-corrected chi connectivity index (χ0v) is 15.8. The van der Waals surface area contributed by atoms with Gasteiger partial charge in [0.25, 0.3) is 11.8 Å². The van der Waals surface area contributed by atoms with E-state index in [1.54, 1.807) is 18.2 Å². The van der Waals surface area contributed by atoms with Crippen LogP contribution in [0.25, 0.3) is 6.08 Å². The van der Waals surface area contributed by atoms with Gasteiger partial charge in [-0.05, 0) is 29.8 Å². The minimum absolute atomic E-state index is 0.198. The van der Waals surface area contributed by atoms with Crippen molar-refractivity contribution in [2.24, 2.45) is 0 Å². The molecule has 1 aliphatic heterocycles. The Morgan fingerprint density at radius 3 is 2.30 bits per heavy atom. The molecule has 1 saturated heterocycles. The van der Waals surface area contributed by atoms with E-state index in [1.165, 1.54) is 13.2 Å². The van der Waals surface area contributed by atoms with E-state index in [2.05, 4.69) is 15.9 Å². The molecular formula is C19H15BrN2O5. The van der Waals surface area contributed by atoms with Gasteiger partial charge in [0.15, 0.2) is 11.5 Å². The molecule has 0 atom stereocenters. The quantitative estimate of drug-likeness (QED) is 0.561. The lowest BCUT2D eigenvalue weighted by atomic mass is 10.1. The average Bonchev–Trinajstić information content (AvgIpc) is 2.64. The lowest BCUT2D eigenvalue weighted by molar-refractivity contribution is -0.123. The number of carbonyl (C=O) groups is 3. The molecule has 2 N–H and O–H groups in total. The van der Waals surface area contributed by atoms with Gasteiger partial charge < -0.3 is 9.47 Å². The monoisotopic (exact) mass is 430 g/mol. The molecule has 2 aromatic rings. The maximum absolute atomic E-state index is 12.0. The highest BCUT2D eigenvalue weighted by atomic mass is 79.9. The summed E-state index contributed by atoms with van der Waals surface area (Å²) in [5.74, 6) is -0.710. The summed E-state index contributed by atoms with van der Waals surface area (Å²) in [7, 11) is 1.50. The van der Waals surface area contributed by atoms with Crippen molar-refractivity contribution in [2.75, 3.05) is 7.11 Å². The number of urea groups is 1. The van der Waals surface area contributed by atoms with Crippen molar-refractivity contribution in [3.63, 3.8) is 0 Å². The molecule has 0 saturated carbocycles. The first kappa shape index (κ1) is 18.7. The normalized spacial score (nSPS) is 13.7. The molecule has 8 heteroatoms. The van der Waals surface area contributed by atoms with Gasteiger partial charge in [-0.1, -0.05) is 40.2 Å². The Labute approximate surface area is 163 Å². The van der Waals surface area contributed by atoms with Gasteiger partial charge in [-0.2, -0.15) is 0 Å². The number of amides is 4. The molecule has 27 heavy (non-hydrogen) atoms. The third-order valence-corrected chi connectivity index (χ3v) is 4.30. The summed E-state index contributed by atoms with van der Waals surface area (Å²) in [6, 6.07) is 11.9. The second-order valence-corrected chi connectivity index (χ2v) is 6.50. The van der Waals surface area contributed by atoms with Gasteiger partial charge in [0.2, 0.25) is 0 Å².